The predicted molar refractivity (Wildman–Crippen MR) is 34.7 cm³/mol. The van der Waals surface area contributed by atoms with Crippen LogP contribution in [0.2, 0.25) is 0 Å². The second-order valence-corrected chi connectivity index (χ2v) is 2.03. The second kappa shape index (κ2) is 3.23. The van der Waals surface area contributed by atoms with Crippen LogP contribution in [0, 0.1) is 0 Å². The lowest BCUT2D eigenvalue weighted by atomic mass is 10.3. The van der Waals surface area contributed by atoms with E-state index in [4.69, 9.17) is 10.3 Å². The molecule has 0 bridgehead atoms. The lowest BCUT2D eigenvalue weighted by Gasteiger charge is -1.89. The Bertz CT molecular complexity index is 211. The van der Waals surface area contributed by atoms with E-state index in [-0.39, 0.29) is 12.6 Å². The normalized spacial score (nSPS) is 27.0. The van der Waals surface area contributed by atoms with Gasteiger partial charge in [-0.15, -0.1) is 0 Å². The number of carbonyl (C=O) groups excluding carboxylic acids is 1. The van der Waals surface area contributed by atoms with Crippen LogP contribution in [-0.4, -0.2) is 31.8 Å². The van der Waals surface area contributed by atoms with Gasteiger partial charge in [-0.1, -0.05) is 5.11 Å². The molecule has 11 heavy (non-hydrogen) atoms. The maximum atomic E-state index is 10.7. The highest BCUT2D eigenvalue weighted by Gasteiger charge is 2.45. The first-order valence-corrected chi connectivity index (χ1v) is 3.03. The minimum Gasteiger partial charge on any atom is -0.467 e. The van der Waals surface area contributed by atoms with Crippen LogP contribution < -0.4 is 0 Å². The van der Waals surface area contributed by atoms with E-state index in [2.05, 4.69) is 14.8 Å². The van der Waals surface area contributed by atoms with Gasteiger partial charge in [-0.2, -0.15) is 0 Å². The van der Waals surface area contributed by atoms with Crippen LogP contribution in [0.5, 0.6) is 0 Å². The molecule has 1 saturated heterocycles. The molecule has 0 aromatic carbocycles. The SMILES string of the molecule is COC(=O)[C@H]1O[C@@H]1CN=[N+]=[N-]. The van der Waals surface area contributed by atoms with Crippen molar-refractivity contribution in [2.24, 2.45) is 5.11 Å². The van der Waals surface area contributed by atoms with Gasteiger partial charge in [-0.25, -0.2) is 4.79 Å². The Kier molecular flexibility index (Phi) is 2.30. The largest absolute Gasteiger partial charge is 0.467 e. The number of carbonyl (C=O) groups is 1. The van der Waals surface area contributed by atoms with Crippen molar-refractivity contribution in [3.8, 4) is 0 Å². The van der Waals surface area contributed by atoms with Crippen LogP contribution in [0.3, 0.4) is 0 Å². The molecule has 60 valence electrons. The first-order valence-electron chi connectivity index (χ1n) is 3.03. The minimum atomic E-state index is -0.523. The fourth-order valence-electron chi connectivity index (χ4n) is 0.722. The quantitative estimate of drug-likeness (QED) is 0.193. The Morgan fingerprint density at radius 3 is 3.18 bits per heavy atom. The highest BCUT2D eigenvalue weighted by Crippen LogP contribution is 2.23. The standard InChI is InChI=1S/C5H7N3O3/c1-10-5(9)4-3(11-4)2-7-8-6/h3-4H,2H2,1H3/t3-,4+/m1/s1. The smallest absolute Gasteiger partial charge is 0.337 e. The van der Waals surface area contributed by atoms with E-state index in [1.165, 1.54) is 7.11 Å². The van der Waals surface area contributed by atoms with Gasteiger partial charge >= 0.3 is 5.97 Å². The van der Waals surface area contributed by atoms with Gasteiger partial charge in [0.05, 0.1) is 13.7 Å². The maximum absolute atomic E-state index is 10.7. The summed E-state index contributed by atoms with van der Waals surface area (Å²) < 4.78 is 9.22. The maximum Gasteiger partial charge on any atom is 0.337 e. The van der Waals surface area contributed by atoms with Gasteiger partial charge in [0.25, 0.3) is 0 Å². The first-order chi connectivity index (χ1) is 5.29. The molecular formula is C5H7N3O3. The highest BCUT2D eigenvalue weighted by atomic mass is 16.6. The molecule has 0 spiro atoms. The molecule has 6 nitrogen and oxygen atoms in total. The molecule has 1 aliphatic heterocycles. The summed E-state index contributed by atoms with van der Waals surface area (Å²) >= 11 is 0. The van der Waals surface area contributed by atoms with E-state index in [0.717, 1.165) is 0 Å². The lowest BCUT2D eigenvalue weighted by Crippen LogP contribution is -2.12. The Hall–Kier alpha value is -1.26. The molecule has 0 radical (unpaired) electrons. The summed E-state index contributed by atoms with van der Waals surface area (Å²) in [5, 5.41) is 3.25. The Morgan fingerprint density at radius 2 is 2.64 bits per heavy atom. The van der Waals surface area contributed by atoms with Gasteiger partial charge in [0.15, 0.2) is 6.10 Å². The molecule has 0 amide bonds. The van der Waals surface area contributed by atoms with Crippen molar-refractivity contribution in [2.45, 2.75) is 12.2 Å². The molecule has 2 atom stereocenters. The van der Waals surface area contributed by atoms with E-state index in [0.29, 0.717) is 0 Å². The summed E-state index contributed by atoms with van der Waals surface area (Å²) in [4.78, 5) is 13.2. The van der Waals surface area contributed by atoms with Gasteiger partial charge < -0.3 is 9.47 Å². The molecule has 0 aromatic rings. The zero-order valence-corrected chi connectivity index (χ0v) is 5.93. The van der Waals surface area contributed by atoms with Crippen LogP contribution in [-0.2, 0) is 14.3 Å². The first kappa shape index (κ1) is 7.84. The minimum absolute atomic E-state index is 0.191. The number of hydrogen-bond acceptors (Lipinski definition) is 4. The van der Waals surface area contributed by atoms with Crippen LogP contribution in [0.25, 0.3) is 10.4 Å². The summed E-state index contributed by atoms with van der Waals surface area (Å²) in [6.45, 7) is 0.191. The van der Waals surface area contributed by atoms with E-state index in [1.54, 1.807) is 0 Å². The summed E-state index contributed by atoms with van der Waals surface area (Å²) in [6.07, 6.45) is -0.802. The third-order valence-electron chi connectivity index (χ3n) is 1.34. The molecule has 1 aliphatic rings. The molecule has 0 aliphatic carbocycles. The molecule has 0 N–H and O–H groups in total. The van der Waals surface area contributed by atoms with Crippen LogP contribution in [0.15, 0.2) is 5.11 Å². The lowest BCUT2D eigenvalue weighted by molar-refractivity contribution is -0.142. The Morgan fingerprint density at radius 1 is 1.91 bits per heavy atom. The summed E-state index contributed by atoms with van der Waals surface area (Å²) in [7, 11) is 1.29. The van der Waals surface area contributed by atoms with Crippen molar-refractivity contribution in [1.29, 1.82) is 0 Å². The fourth-order valence-corrected chi connectivity index (χ4v) is 0.722. The molecule has 0 aromatic heterocycles. The van der Waals surface area contributed by atoms with E-state index < -0.39 is 12.1 Å². The van der Waals surface area contributed by atoms with Crippen molar-refractivity contribution in [2.75, 3.05) is 13.7 Å². The molecule has 1 heterocycles. The Balaban J connectivity index is 2.26. The zero-order valence-electron chi connectivity index (χ0n) is 5.93. The molecule has 0 unspecified atom stereocenters. The van der Waals surface area contributed by atoms with Crippen molar-refractivity contribution in [3.05, 3.63) is 10.4 Å². The van der Waals surface area contributed by atoms with E-state index >= 15 is 0 Å². The third-order valence-corrected chi connectivity index (χ3v) is 1.34. The van der Waals surface area contributed by atoms with Gasteiger partial charge in [-0.3, -0.25) is 0 Å². The monoisotopic (exact) mass is 157 g/mol. The van der Waals surface area contributed by atoms with Crippen LogP contribution in [0.1, 0.15) is 0 Å². The predicted octanol–water partition coefficient (Wildman–Crippen LogP) is 0.237. The van der Waals surface area contributed by atoms with Crippen molar-refractivity contribution in [3.63, 3.8) is 0 Å². The second-order valence-electron chi connectivity index (χ2n) is 2.03. The number of nitrogens with zero attached hydrogens (tertiary/aromatic N) is 3. The van der Waals surface area contributed by atoms with Crippen molar-refractivity contribution in [1.82, 2.24) is 0 Å². The van der Waals surface area contributed by atoms with Crippen LogP contribution in [0.4, 0.5) is 0 Å². The number of azide groups is 1. The average molecular weight is 157 g/mol. The summed E-state index contributed by atoms with van der Waals surface area (Å²) in [6, 6.07) is 0. The molecular weight excluding hydrogens is 150 g/mol. The highest BCUT2D eigenvalue weighted by molar-refractivity contribution is 5.77. The van der Waals surface area contributed by atoms with E-state index in [9.17, 15) is 4.79 Å². The van der Waals surface area contributed by atoms with Crippen molar-refractivity contribution >= 4 is 5.97 Å². The average Bonchev–Trinajstić information content (AvgIpc) is 2.78. The molecule has 1 rings (SSSR count). The number of methoxy groups -OCH3 is 1. The zero-order chi connectivity index (χ0) is 8.27. The van der Waals surface area contributed by atoms with Gasteiger partial charge in [-0.05, 0) is 5.53 Å². The summed E-state index contributed by atoms with van der Waals surface area (Å²) in [5.41, 5.74) is 7.91. The fraction of sp³-hybridized carbons (Fsp3) is 0.800. The number of epoxide rings is 1. The molecule has 6 heteroatoms. The number of rotatable bonds is 3. The third kappa shape index (κ3) is 1.83. The van der Waals surface area contributed by atoms with Crippen molar-refractivity contribution < 1.29 is 14.3 Å². The van der Waals surface area contributed by atoms with Gasteiger partial charge in [0.2, 0.25) is 0 Å². The van der Waals surface area contributed by atoms with Gasteiger partial charge in [0, 0.05) is 4.91 Å². The van der Waals surface area contributed by atoms with Gasteiger partial charge in [0.1, 0.15) is 6.10 Å². The molecule has 0 saturated carbocycles. The number of hydrogen-bond donors (Lipinski definition) is 0. The Labute approximate surface area is 62.7 Å². The molecule has 1 fully saturated rings. The summed E-state index contributed by atoms with van der Waals surface area (Å²) in [5.74, 6) is -0.414. The topological polar surface area (TPSA) is 87.6 Å². The van der Waals surface area contributed by atoms with E-state index in [1.807, 2.05) is 0 Å². The van der Waals surface area contributed by atoms with Crippen LogP contribution >= 0.6 is 0 Å². The number of esters is 1. The number of ether oxygens (including phenoxy) is 2.